The summed E-state index contributed by atoms with van der Waals surface area (Å²) in [4.78, 5) is 11.2. The predicted molar refractivity (Wildman–Crippen MR) is 163 cm³/mol. The second kappa shape index (κ2) is 37.0. The Morgan fingerprint density at radius 3 is 0.930 bits per heavy atom. The third-order valence-corrected chi connectivity index (χ3v) is 5.55. The average molecular weight is 625 g/mol. The molecule has 0 amide bonds. The summed E-state index contributed by atoms with van der Waals surface area (Å²) in [5.74, 6) is -0.410. The molecule has 0 spiro atoms. The summed E-state index contributed by atoms with van der Waals surface area (Å²) < 4.78 is 59.4. The second-order valence-corrected chi connectivity index (χ2v) is 9.45. The van der Waals surface area contributed by atoms with E-state index in [0.717, 1.165) is 13.0 Å². The molecule has 0 rings (SSSR count). The maximum absolute atomic E-state index is 11.2. The van der Waals surface area contributed by atoms with Gasteiger partial charge in [0, 0.05) is 12.2 Å². The van der Waals surface area contributed by atoms with E-state index in [9.17, 15) is 4.79 Å². The van der Waals surface area contributed by atoms with Crippen molar-refractivity contribution in [2.75, 3.05) is 139 Å². The summed E-state index contributed by atoms with van der Waals surface area (Å²) >= 11 is 0. The molecule has 0 radical (unpaired) electrons. The van der Waals surface area contributed by atoms with Crippen LogP contribution in [0, 0.1) is 0 Å². The van der Waals surface area contributed by atoms with Crippen LogP contribution < -0.4 is 0 Å². The highest BCUT2D eigenvalue weighted by molar-refractivity contribution is 5.86. The van der Waals surface area contributed by atoms with Gasteiger partial charge in [-0.1, -0.05) is 39.2 Å². The first-order valence-electron chi connectivity index (χ1n) is 15.8. The summed E-state index contributed by atoms with van der Waals surface area (Å²) in [6.07, 6.45) is 6.27. The molecule has 0 aromatic carbocycles. The van der Waals surface area contributed by atoms with Gasteiger partial charge in [0.05, 0.1) is 126 Å². The molecule has 0 atom stereocenters. The Hall–Kier alpha value is -1.19. The molecular weight excluding hydrogens is 564 g/mol. The Kier molecular flexibility index (Phi) is 36.0. The largest absolute Gasteiger partial charge is 0.460 e. The number of hydrogen-bond donors (Lipinski definition) is 0. The lowest BCUT2D eigenvalue weighted by Gasteiger charge is -2.09. The smallest absolute Gasteiger partial charge is 0.333 e. The molecular formula is C31H60O12. The maximum Gasteiger partial charge on any atom is 0.333 e. The van der Waals surface area contributed by atoms with Crippen LogP contribution in [-0.2, 0) is 56.9 Å². The van der Waals surface area contributed by atoms with Crippen molar-refractivity contribution in [1.29, 1.82) is 0 Å². The van der Waals surface area contributed by atoms with E-state index >= 15 is 0 Å². The van der Waals surface area contributed by atoms with E-state index in [4.69, 9.17) is 52.1 Å². The summed E-state index contributed by atoms with van der Waals surface area (Å²) in [7, 11) is 0. The minimum Gasteiger partial charge on any atom is -0.460 e. The third-order valence-electron chi connectivity index (χ3n) is 5.55. The highest BCUT2D eigenvalue weighted by Gasteiger charge is 2.02. The summed E-state index contributed by atoms with van der Waals surface area (Å²) in [5.41, 5.74) is 0.373. The Balaban J connectivity index is 3.06. The Bertz CT molecular complexity index is 579. The highest BCUT2D eigenvalue weighted by Crippen LogP contribution is 2.02. The van der Waals surface area contributed by atoms with Gasteiger partial charge in [0.25, 0.3) is 0 Å². The summed E-state index contributed by atoms with van der Waals surface area (Å²) in [6, 6.07) is 0. The quantitative estimate of drug-likeness (QED) is 0.0574. The minimum absolute atomic E-state index is 0.203. The Labute approximate surface area is 259 Å². The predicted octanol–water partition coefficient (Wildman–Crippen LogP) is 3.24. The van der Waals surface area contributed by atoms with Gasteiger partial charge in [0.1, 0.15) is 6.61 Å². The van der Waals surface area contributed by atoms with Gasteiger partial charge in [-0.25, -0.2) is 4.79 Å². The highest BCUT2D eigenvalue weighted by atomic mass is 16.6. The van der Waals surface area contributed by atoms with E-state index in [2.05, 4.69) is 13.5 Å². The fraction of sp³-hybridized carbons (Fsp3) is 0.903. The number of carbonyl (C=O) groups is 1. The van der Waals surface area contributed by atoms with Crippen molar-refractivity contribution in [3.05, 3.63) is 12.2 Å². The van der Waals surface area contributed by atoms with Crippen LogP contribution in [0.5, 0.6) is 0 Å². The Morgan fingerprint density at radius 2 is 0.651 bits per heavy atom. The maximum atomic E-state index is 11.2. The van der Waals surface area contributed by atoms with E-state index in [-0.39, 0.29) is 6.61 Å². The van der Waals surface area contributed by atoms with Crippen molar-refractivity contribution >= 4 is 5.97 Å². The molecule has 0 aromatic heterocycles. The van der Waals surface area contributed by atoms with Crippen LogP contribution in [0.25, 0.3) is 0 Å². The third kappa shape index (κ3) is 36.9. The molecule has 0 bridgehead atoms. The van der Waals surface area contributed by atoms with E-state index in [1.165, 1.54) is 25.7 Å². The van der Waals surface area contributed by atoms with Gasteiger partial charge in [-0.3, -0.25) is 0 Å². The van der Waals surface area contributed by atoms with Crippen molar-refractivity contribution in [3.8, 4) is 0 Å². The molecule has 256 valence electrons. The zero-order valence-electron chi connectivity index (χ0n) is 27.0. The number of carbonyl (C=O) groups excluding carboxylic acids is 1. The second-order valence-electron chi connectivity index (χ2n) is 9.45. The first-order chi connectivity index (χ1) is 21.2. The van der Waals surface area contributed by atoms with Gasteiger partial charge in [0.2, 0.25) is 0 Å². The van der Waals surface area contributed by atoms with Crippen LogP contribution in [0.15, 0.2) is 12.2 Å². The molecule has 0 saturated heterocycles. The lowest BCUT2D eigenvalue weighted by molar-refractivity contribution is -0.140. The lowest BCUT2D eigenvalue weighted by Crippen LogP contribution is -2.15. The van der Waals surface area contributed by atoms with Crippen molar-refractivity contribution in [1.82, 2.24) is 0 Å². The number of unbranched alkanes of at least 4 members (excludes halogenated alkanes) is 4. The van der Waals surface area contributed by atoms with Crippen LogP contribution in [0.2, 0.25) is 0 Å². The first kappa shape index (κ1) is 41.8. The molecule has 0 aliphatic carbocycles. The van der Waals surface area contributed by atoms with Crippen molar-refractivity contribution in [2.45, 2.75) is 46.0 Å². The summed E-state index contributed by atoms with van der Waals surface area (Å²) in [5, 5.41) is 0. The minimum atomic E-state index is -0.410. The van der Waals surface area contributed by atoms with Crippen molar-refractivity contribution in [2.24, 2.45) is 0 Å². The van der Waals surface area contributed by atoms with E-state index in [0.29, 0.717) is 131 Å². The average Bonchev–Trinajstić information content (AvgIpc) is 3.00. The molecule has 0 aliphatic rings. The SMILES string of the molecule is C=C(C)C(=O)OCCOCCOCCOCCOCCOCCOCCOCCOCCOCCOCCCCCCC. The fourth-order valence-electron chi connectivity index (χ4n) is 3.21. The van der Waals surface area contributed by atoms with Gasteiger partial charge >= 0.3 is 5.97 Å². The molecule has 0 fully saturated rings. The monoisotopic (exact) mass is 624 g/mol. The molecule has 0 aliphatic heterocycles. The molecule has 43 heavy (non-hydrogen) atoms. The molecule has 12 nitrogen and oxygen atoms in total. The van der Waals surface area contributed by atoms with Crippen LogP contribution in [0.4, 0.5) is 0 Å². The van der Waals surface area contributed by atoms with Gasteiger partial charge in [-0.05, 0) is 13.3 Å². The number of ether oxygens (including phenoxy) is 11. The normalized spacial score (nSPS) is 11.3. The molecule has 0 aromatic rings. The van der Waals surface area contributed by atoms with Crippen LogP contribution >= 0.6 is 0 Å². The van der Waals surface area contributed by atoms with Gasteiger partial charge in [-0.2, -0.15) is 0 Å². The number of hydrogen-bond acceptors (Lipinski definition) is 12. The first-order valence-corrected chi connectivity index (χ1v) is 15.8. The molecule has 0 N–H and O–H groups in total. The number of esters is 1. The number of rotatable bonds is 37. The molecule has 0 saturated carbocycles. The molecule has 0 unspecified atom stereocenters. The summed E-state index contributed by atoms with van der Waals surface area (Å²) in [6.45, 7) is 18.0. The topological polar surface area (TPSA) is 119 Å². The van der Waals surface area contributed by atoms with Gasteiger partial charge in [-0.15, -0.1) is 0 Å². The van der Waals surface area contributed by atoms with Crippen LogP contribution in [0.1, 0.15) is 46.0 Å². The van der Waals surface area contributed by atoms with E-state index < -0.39 is 5.97 Å². The zero-order valence-corrected chi connectivity index (χ0v) is 27.0. The van der Waals surface area contributed by atoms with Crippen LogP contribution in [-0.4, -0.2) is 145 Å². The van der Waals surface area contributed by atoms with E-state index in [1.54, 1.807) is 6.92 Å². The van der Waals surface area contributed by atoms with Crippen molar-refractivity contribution < 1.29 is 56.9 Å². The van der Waals surface area contributed by atoms with E-state index in [1.807, 2.05) is 0 Å². The fourth-order valence-corrected chi connectivity index (χ4v) is 3.21. The van der Waals surface area contributed by atoms with Crippen molar-refractivity contribution in [3.63, 3.8) is 0 Å². The molecule has 12 heteroatoms. The van der Waals surface area contributed by atoms with Gasteiger partial charge < -0.3 is 52.1 Å². The van der Waals surface area contributed by atoms with Gasteiger partial charge in [0.15, 0.2) is 0 Å². The lowest BCUT2D eigenvalue weighted by atomic mass is 10.2. The molecule has 0 heterocycles. The standard InChI is InChI=1S/C31H60O12/c1-4-5-6-7-8-9-33-10-11-34-12-13-35-14-15-36-16-17-37-18-19-38-20-21-39-22-23-40-24-25-41-26-27-42-28-29-43-31(32)30(2)3/h2,4-29H2,1,3H3. The Morgan fingerprint density at radius 1 is 0.395 bits per heavy atom. The van der Waals surface area contributed by atoms with Crippen LogP contribution in [0.3, 0.4) is 0 Å². The zero-order chi connectivity index (χ0) is 31.3.